The Morgan fingerprint density at radius 2 is 1.92 bits per heavy atom. The lowest BCUT2D eigenvalue weighted by Crippen LogP contribution is -3.00. The van der Waals surface area contributed by atoms with Gasteiger partial charge in [-0.1, -0.05) is 46.3 Å². The highest BCUT2D eigenvalue weighted by molar-refractivity contribution is 9.10. The van der Waals surface area contributed by atoms with Crippen LogP contribution in [0.1, 0.15) is 22.9 Å². The highest BCUT2D eigenvalue weighted by atomic mass is 79.9. The molecule has 1 aliphatic rings. The third-order valence-corrected chi connectivity index (χ3v) is 5.27. The number of nitrogens with two attached hydrogens (primary N) is 1. The normalized spacial score (nSPS) is 19.1. The molecule has 1 aliphatic heterocycles. The standard InChI is InChI=1S/C19H17BrN2O2.ClH/c1-24-19(23)16-10-14-13-4-2-3-5-15(13)21-18(14)17(22-16)11-6-8-12(20)9-7-11;/h2-9,16-17,21-22H,10H2,1H3;1H. The number of quaternary nitrogens is 1. The van der Waals surface area contributed by atoms with E-state index in [-0.39, 0.29) is 30.5 Å². The minimum Gasteiger partial charge on any atom is -1.00 e. The number of methoxy groups -OCH3 is 1. The van der Waals surface area contributed by atoms with Gasteiger partial charge in [0.1, 0.15) is 0 Å². The molecule has 2 aromatic carbocycles. The summed E-state index contributed by atoms with van der Waals surface area (Å²) in [7, 11) is 1.45. The van der Waals surface area contributed by atoms with E-state index in [9.17, 15) is 4.79 Å². The number of rotatable bonds is 2. The fourth-order valence-electron chi connectivity index (χ4n) is 3.58. The summed E-state index contributed by atoms with van der Waals surface area (Å²) < 4.78 is 6.05. The summed E-state index contributed by atoms with van der Waals surface area (Å²) in [5.41, 5.74) is 4.68. The Hall–Kier alpha value is -1.82. The molecule has 0 saturated heterocycles. The SMILES string of the molecule is COC(=O)C1Cc2c([nH]c3ccccc23)C(c2ccc(Br)cc2)[NH2+]1.[Cl-]. The number of aromatic amines is 1. The van der Waals surface area contributed by atoms with E-state index >= 15 is 0 Å². The molecule has 2 atom stereocenters. The van der Waals surface area contributed by atoms with Crippen molar-refractivity contribution in [2.45, 2.75) is 18.5 Å². The summed E-state index contributed by atoms with van der Waals surface area (Å²) in [4.78, 5) is 15.8. The van der Waals surface area contributed by atoms with E-state index in [0.29, 0.717) is 6.42 Å². The molecule has 2 unspecified atom stereocenters. The quantitative estimate of drug-likeness (QED) is 0.558. The Bertz CT molecular complexity index is 907. The molecule has 0 amide bonds. The van der Waals surface area contributed by atoms with Gasteiger partial charge in [0, 0.05) is 27.4 Å². The summed E-state index contributed by atoms with van der Waals surface area (Å²) in [6.07, 6.45) is 0.680. The number of nitrogens with one attached hydrogen (secondary N) is 1. The fourth-order valence-corrected chi connectivity index (χ4v) is 3.85. The van der Waals surface area contributed by atoms with Crippen LogP contribution in [0.5, 0.6) is 0 Å². The molecule has 4 rings (SSSR count). The zero-order valence-corrected chi connectivity index (χ0v) is 16.0. The monoisotopic (exact) mass is 420 g/mol. The van der Waals surface area contributed by atoms with Gasteiger partial charge in [-0.05, 0) is 23.8 Å². The largest absolute Gasteiger partial charge is 1.00 e. The van der Waals surface area contributed by atoms with Crippen LogP contribution in [0, 0.1) is 0 Å². The number of aromatic nitrogens is 1. The summed E-state index contributed by atoms with van der Waals surface area (Å²) in [5.74, 6) is -0.173. The van der Waals surface area contributed by atoms with Gasteiger partial charge in [-0.25, -0.2) is 4.79 Å². The predicted molar refractivity (Wildman–Crippen MR) is 95.7 cm³/mol. The van der Waals surface area contributed by atoms with Crippen molar-refractivity contribution in [1.29, 1.82) is 0 Å². The molecule has 4 nitrogen and oxygen atoms in total. The van der Waals surface area contributed by atoms with Gasteiger partial charge in [-0.2, -0.15) is 0 Å². The second-order valence-electron chi connectivity index (χ2n) is 6.12. The fraction of sp³-hybridized carbons (Fsp3) is 0.211. The molecule has 0 fully saturated rings. The molecular formula is C19H18BrClN2O2. The number of carbonyl (C=O) groups is 1. The average molecular weight is 422 g/mol. The number of hydrogen-bond donors (Lipinski definition) is 2. The molecule has 0 radical (unpaired) electrons. The molecule has 3 aromatic rings. The number of benzene rings is 2. The van der Waals surface area contributed by atoms with Crippen LogP contribution in [0.2, 0.25) is 0 Å². The van der Waals surface area contributed by atoms with E-state index < -0.39 is 0 Å². The molecule has 0 saturated carbocycles. The average Bonchev–Trinajstić information content (AvgIpc) is 2.99. The first-order valence-corrected chi connectivity index (χ1v) is 8.74. The van der Waals surface area contributed by atoms with Gasteiger partial charge in [0.2, 0.25) is 0 Å². The predicted octanol–water partition coefficient (Wildman–Crippen LogP) is -0.315. The lowest BCUT2D eigenvalue weighted by Gasteiger charge is -2.27. The van der Waals surface area contributed by atoms with Gasteiger partial charge in [0.05, 0.1) is 12.8 Å². The van der Waals surface area contributed by atoms with Gasteiger partial charge >= 0.3 is 5.97 Å². The Kier molecular flexibility index (Phi) is 5.18. The van der Waals surface area contributed by atoms with Crippen molar-refractivity contribution >= 4 is 32.8 Å². The number of carbonyl (C=O) groups excluding carboxylic acids is 1. The molecule has 130 valence electrons. The molecule has 6 heteroatoms. The molecule has 1 aromatic heterocycles. The molecular weight excluding hydrogens is 404 g/mol. The van der Waals surface area contributed by atoms with Crippen molar-refractivity contribution in [3.05, 3.63) is 69.8 Å². The van der Waals surface area contributed by atoms with Crippen LogP contribution in [0.3, 0.4) is 0 Å². The van der Waals surface area contributed by atoms with Crippen LogP contribution in [0.15, 0.2) is 53.0 Å². The lowest BCUT2D eigenvalue weighted by molar-refractivity contribution is -0.712. The maximum Gasteiger partial charge on any atom is 0.364 e. The highest BCUT2D eigenvalue weighted by Crippen LogP contribution is 2.32. The van der Waals surface area contributed by atoms with E-state index in [1.165, 1.54) is 29.3 Å². The Labute approximate surface area is 160 Å². The minimum atomic E-state index is -0.227. The van der Waals surface area contributed by atoms with Crippen molar-refractivity contribution in [3.8, 4) is 0 Å². The van der Waals surface area contributed by atoms with E-state index in [4.69, 9.17) is 4.74 Å². The highest BCUT2D eigenvalue weighted by Gasteiger charge is 2.38. The number of para-hydroxylation sites is 1. The van der Waals surface area contributed by atoms with Crippen molar-refractivity contribution in [2.24, 2.45) is 0 Å². The molecule has 0 spiro atoms. The van der Waals surface area contributed by atoms with Crippen molar-refractivity contribution in [3.63, 3.8) is 0 Å². The second kappa shape index (κ2) is 7.20. The second-order valence-corrected chi connectivity index (χ2v) is 7.03. The Morgan fingerprint density at radius 3 is 2.64 bits per heavy atom. The van der Waals surface area contributed by atoms with Gasteiger partial charge in [0.15, 0.2) is 12.1 Å². The van der Waals surface area contributed by atoms with Crippen LogP contribution in [-0.2, 0) is 16.0 Å². The zero-order chi connectivity index (χ0) is 16.7. The topological polar surface area (TPSA) is 58.7 Å². The minimum absolute atomic E-state index is 0. The van der Waals surface area contributed by atoms with Crippen LogP contribution in [0.4, 0.5) is 0 Å². The summed E-state index contributed by atoms with van der Waals surface area (Å²) in [5, 5.41) is 3.30. The van der Waals surface area contributed by atoms with Crippen LogP contribution < -0.4 is 17.7 Å². The first-order chi connectivity index (χ1) is 11.7. The number of halogens is 2. The number of fused-ring (bicyclic) bond motifs is 3. The van der Waals surface area contributed by atoms with Gasteiger partial charge in [-0.3, -0.25) is 0 Å². The zero-order valence-electron chi connectivity index (χ0n) is 13.6. The third kappa shape index (κ3) is 3.19. The first kappa shape index (κ1) is 18.0. The molecule has 0 bridgehead atoms. The van der Waals surface area contributed by atoms with E-state index in [0.717, 1.165) is 9.99 Å². The van der Waals surface area contributed by atoms with Crippen LogP contribution in [0.25, 0.3) is 10.9 Å². The Balaban J connectivity index is 0.00000182. The first-order valence-electron chi connectivity index (χ1n) is 7.95. The number of ether oxygens (including phenoxy) is 1. The van der Waals surface area contributed by atoms with E-state index in [1.54, 1.807) is 0 Å². The smallest absolute Gasteiger partial charge is 0.364 e. The summed E-state index contributed by atoms with van der Waals surface area (Å²) in [6, 6.07) is 16.4. The Morgan fingerprint density at radius 1 is 1.20 bits per heavy atom. The van der Waals surface area contributed by atoms with E-state index in [1.807, 2.05) is 24.3 Å². The molecule has 0 aliphatic carbocycles. The van der Waals surface area contributed by atoms with Crippen LogP contribution >= 0.6 is 15.9 Å². The third-order valence-electron chi connectivity index (χ3n) is 4.74. The van der Waals surface area contributed by atoms with Crippen molar-refractivity contribution in [1.82, 2.24) is 4.98 Å². The van der Waals surface area contributed by atoms with Gasteiger partial charge in [-0.15, -0.1) is 0 Å². The molecule has 3 N–H and O–H groups in total. The summed E-state index contributed by atoms with van der Waals surface area (Å²) in [6.45, 7) is 0. The maximum absolute atomic E-state index is 12.2. The van der Waals surface area contributed by atoms with Gasteiger partial charge < -0.3 is 27.4 Å². The number of H-pyrrole nitrogens is 1. The lowest BCUT2D eigenvalue weighted by atomic mass is 9.90. The van der Waals surface area contributed by atoms with Crippen molar-refractivity contribution in [2.75, 3.05) is 7.11 Å². The van der Waals surface area contributed by atoms with Crippen LogP contribution in [-0.4, -0.2) is 24.1 Å². The van der Waals surface area contributed by atoms with E-state index in [2.05, 4.69) is 50.5 Å². The number of esters is 1. The van der Waals surface area contributed by atoms with Crippen molar-refractivity contribution < 1.29 is 27.3 Å². The summed E-state index contributed by atoms with van der Waals surface area (Å²) >= 11 is 3.48. The molecule has 25 heavy (non-hydrogen) atoms. The molecule has 2 heterocycles. The van der Waals surface area contributed by atoms with Gasteiger partial charge in [0.25, 0.3) is 0 Å². The number of hydrogen-bond acceptors (Lipinski definition) is 2. The maximum atomic E-state index is 12.2.